The third-order valence-electron chi connectivity index (χ3n) is 7.53. The summed E-state index contributed by atoms with van der Waals surface area (Å²) in [5.41, 5.74) is 8.43. The molecule has 0 saturated carbocycles. The van der Waals surface area contributed by atoms with Crippen LogP contribution in [0.15, 0.2) is 64.6 Å². The van der Waals surface area contributed by atoms with E-state index >= 15 is 0 Å². The average molecular weight is 506 g/mol. The molecule has 1 aliphatic heterocycles. The first-order valence-electron chi connectivity index (χ1n) is 13.4. The molecule has 2 aromatic heterocycles. The van der Waals surface area contributed by atoms with Crippen molar-refractivity contribution >= 4 is 44.2 Å². The van der Waals surface area contributed by atoms with Gasteiger partial charge in [-0.25, -0.2) is 4.57 Å². The Balaban J connectivity index is 1.71. The van der Waals surface area contributed by atoms with Crippen molar-refractivity contribution in [3.8, 4) is 11.3 Å². The Morgan fingerprint density at radius 3 is 2.35 bits per heavy atom. The molecule has 3 heteroatoms. The summed E-state index contributed by atoms with van der Waals surface area (Å²) in [6, 6.07) is 16.2. The maximum absolute atomic E-state index is 4.94. The Labute approximate surface area is 225 Å². The SMILES string of the molecule is Cc1c2c(c(CC(C)(C)C)c3ncccc13)Sc1cc3cc(CC(C)(C)C)ccc3c3cc[n+](C)c-2c13. The standard InChI is InChI=1S/C34H37N2S/c1-20-23-10-9-14-35-30(23)26(19-34(5,6)7)32-28(20)31-29-25(13-15-36(31)8)24-12-11-21(18-33(2,3)4)16-22(24)17-27(29)37-32/h9-17H,18-19H2,1-8H3/q+1. The van der Waals surface area contributed by atoms with Crippen LogP contribution in [0.2, 0.25) is 0 Å². The Hall–Kier alpha value is -2.91. The third-order valence-corrected chi connectivity index (χ3v) is 8.72. The highest BCUT2D eigenvalue weighted by Gasteiger charge is 2.33. The van der Waals surface area contributed by atoms with Crippen LogP contribution in [0.1, 0.15) is 58.2 Å². The minimum absolute atomic E-state index is 0.160. The molecule has 0 bridgehead atoms. The van der Waals surface area contributed by atoms with Gasteiger partial charge in [0.2, 0.25) is 5.69 Å². The van der Waals surface area contributed by atoms with Crippen molar-refractivity contribution in [2.45, 2.75) is 71.1 Å². The van der Waals surface area contributed by atoms with Crippen LogP contribution in [-0.4, -0.2) is 4.98 Å². The number of hydrogen-bond acceptors (Lipinski definition) is 2. The van der Waals surface area contributed by atoms with Crippen molar-refractivity contribution in [3.63, 3.8) is 0 Å². The molecule has 3 aromatic carbocycles. The molecule has 0 amide bonds. The molecule has 1 aliphatic rings. The fourth-order valence-corrected chi connectivity index (χ4v) is 7.49. The number of aromatic nitrogens is 2. The van der Waals surface area contributed by atoms with Crippen LogP contribution >= 0.6 is 11.8 Å². The molecular formula is C34H37N2S+. The van der Waals surface area contributed by atoms with Crippen molar-refractivity contribution in [3.05, 3.63) is 71.5 Å². The average Bonchev–Trinajstić information content (AvgIpc) is 2.81. The van der Waals surface area contributed by atoms with E-state index in [0.29, 0.717) is 0 Å². The largest absolute Gasteiger partial charge is 0.256 e. The molecule has 0 spiro atoms. The molecule has 0 atom stereocenters. The zero-order valence-electron chi connectivity index (χ0n) is 23.4. The van der Waals surface area contributed by atoms with E-state index in [9.17, 15) is 0 Å². The zero-order valence-corrected chi connectivity index (χ0v) is 24.2. The maximum Gasteiger partial charge on any atom is 0.222 e. The fourth-order valence-electron chi connectivity index (χ4n) is 6.13. The van der Waals surface area contributed by atoms with Crippen LogP contribution in [0.25, 0.3) is 43.7 Å². The first kappa shape index (κ1) is 24.4. The van der Waals surface area contributed by atoms with Crippen molar-refractivity contribution < 1.29 is 4.57 Å². The van der Waals surface area contributed by atoms with E-state index in [0.717, 1.165) is 18.4 Å². The molecule has 37 heavy (non-hydrogen) atoms. The highest BCUT2D eigenvalue weighted by atomic mass is 32.2. The lowest BCUT2D eigenvalue weighted by molar-refractivity contribution is -0.659. The quantitative estimate of drug-likeness (QED) is 0.172. The number of nitrogens with zero attached hydrogens (tertiary/aromatic N) is 2. The minimum atomic E-state index is 0.160. The fraction of sp³-hybridized carbons (Fsp3) is 0.353. The lowest BCUT2D eigenvalue weighted by Gasteiger charge is -2.27. The van der Waals surface area contributed by atoms with Crippen molar-refractivity contribution in [1.82, 2.24) is 4.98 Å². The highest BCUT2D eigenvalue weighted by molar-refractivity contribution is 8.00. The summed E-state index contributed by atoms with van der Waals surface area (Å²) in [6.07, 6.45) is 6.27. The van der Waals surface area contributed by atoms with Crippen molar-refractivity contribution in [2.24, 2.45) is 17.9 Å². The minimum Gasteiger partial charge on any atom is -0.256 e. The van der Waals surface area contributed by atoms with E-state index in [-0.39, 0.29) is 10.8 Å². The van der Waals surface area contributed by atoms with Crippen LogP contribution in [0.4, 0.5) is 0 Å². The zero-order chi connectivity index (χ0) is 26.3. The van der Waals surface area contributed by atoms with E-state index in [2.05, 4.69) is 109 Å². The Morgan fingerprint density at radius 1 is 0.865 bits per heavy atom. The van der Waals surface area contributed by atoms with E-state index < -0.39 is 0 Å². The summed E-state index contributed by atoms with van der Waals surface area (Å²) in [5.74, 6) is 0. The molecule has 0 aliphatic carbocycles. The van der Waals surface area contributed by atoms with Crippen molar-refractivity contribution in [2.75, 3.05) is 0 Å². The molecule has 6 rings (SSSR count). The normalized spacial score (nSPS) is 13.5. The second-order valence-electron chi connectivity index (χ2n) is 13.3. The third kappa shape index (κ3) is 4.12. The molecule has 0 N–H and O–H groups in total. The number of benzene rings is 3. The summed E-state index contributed by atoms with van der Waals surface area (Å²) >= 11 is 1.96. The molecule has 5 aromatic rings. The number of pyridine rings is 2. The van der Waals surface area contributed by atoms with Gasteiger partial charge in [-0.15, -0.1) is 0 Å². The van der Waals surface area contributed by atoms with Gasteiger partial charge in [0, 0.05) is 32.8 Å². The smallest absolute Gasteiger partial charge is 0.222 e. The number of rotatable bonds is 2. The predicted molar refractivity (Wildman–Crippen MR) is 159 cm³/mol. The van der Waals surface area contributed by atoms with Gasteiger partial charge in [0.05, 0.1) is 16.5 Å². The maximum atomic E-state index is 4.94. The van der Waals surface area contributed by atoms with Gasteiger partial charge < -0.3 is 0 Å². The number of aryl methyl sites for hydroxylation is 2. The van der Waals surface area contributed by atoms with Gasteiger partial charge in [-0.3, -0.25) is 4.98 Å². The van der Waals surface area contributed by atoms with Gasteiger partial charge in [0.15, 0.2) is 6.20 Å². The molecule has 2 nitrogen and oxygen atoms in total. The molecule has 0 unspecified atom stereocenters. The summed E-state index contributed by atoms with van der Waals surface area (Å²) in [6.45, 7) is 16.2. The lowest BCUT2D eigenvalue weighted by Crippen LogP contribution is -2.32. The Bertz CT molecular complexity index is 1730. The van der Waals surface area contributed by atoms with Gasteiger partial charge >= 0.3 is 0 Å². The highest BCUT2D eigenvalue weighted by Crippen LogP contribution is 2.53. The van der Waals surface area contributed by atoms with Crippen LogP contribution in [-0.2, 0) is 19.9 Å². The van der Waals surface area contributed by atoms with E-state index in [1.807, 2.05) is 18.0 Å². The van der Waals surface area contributed by atoms with Crippen LogP contribution < -0.4 is 4.57 Å². The summed E-state index contributed by atoms with van der Waals surface area (Å²) in [4.78, 5) is 7.69. The first-order valence-corrected chi connectivity index (χ1v) is 14.2. The second kappa shape index (κ2) is 8.30. The van der Waals surface area contributed by atoms with Crippen LogP contribution in [0.5, 0.6) is 0 Å². The molecule has 0 saturated heterocycles. The molecule has 0 fully saturated rings. The van der Waals surface area contributed by atoms with E-state index in [1.54, 1.807) is 0 Å². The summed E-state index contributed by atoms with van der Waals surface area (Å²) < 4.78 is 2.33. The predicted octanol–water partition coefficient (Wildman–Crippen LogP) is 8.98. The second-order valence-corrected chi connectivity index (χ2v) is 14.3. The van der Waals surface area contributed by atoms with Gasteiger partial charge in [-0.2, -0.15) is 0 Å². The van der Waals surface area contributed by atoms with Gasteiger partial charge in [-0.05, 0) is 70.2 Å². The number of hydrogen-bond donors (Lipinski definition) is 0. The van der Waals surface area contributed by atoms with Crippen LogP contribution in [0, 0.1) is 17.8 Å². The Morgan fingerprint density at radius 2 is 1.62 bits per heavy atom. The first-order chi connectivity index (χ1) is 17.4. The monoisotopic (exact) mass is 505 g/mol. The van der Waals surface area contributed by atoms with Crippen molar-refractivity contribution in [1.29, 1.82) is 0 Å². The molecular weight excluding hydrogens is 468 g/mol. The topological polar surface area (TPSA) is 16.8 Å². The van der Waals surface area contributed by atoms with Gasteiger partial charge in [0.1, 0.15) is 7.05 Å². The Kier molecular flexibility index (Phi) is 5.48. The van der Waals surface area contributed by atoms with E-state index in [4.69, 9.17) is 4.98 Å². The molecule has 0 radical (unpaired) electrons. The van der Waals surface area contributed by atoms with E-state index in [1.165, 1.54) is 64.7 Å². The summed E-state index contributed by atoms with van der Waals surface area (Å²) in [7, 11) is 2.20. The van der Waals surface area contributed by atoms with Crippen LogP contribution in [0.3, 0.4) is 0 Å². The molecule has 188 valence electrons. The van der Waals surface area contributed by atoms with Gasteiger partial charge in [-0.1, -0.05) is 77.6 Å². The number of fused-ring (bicyclic) bond motifs is 5. The molecule has 3 heterocycles. The lowest BCUT2D eigenvalue weighted by atomic mass is 9.84. The summed E-state index contributed by atoms with van der Waals surface area (Å²) in [5, 5.41) is 6.69. The van der Waals surface area contributed by atoms with Gasteiger partial charge in [0.25, 0.3) is 0 Å².